The van der Waals surface area contributed by atoms with Crippen molar-refractivity contribution in [2.24, 2.45) is 0 Å². The predicted octanol–water partition coefficient (Wildman–Crippen LogP) is 3.81. The number of anilines is 1. The molecule has 0 spiro atoms. The van der Waals surface area contributed by atoms with Gasteiger partial charge in [0.15, 0.2) is 0 Å². The van der Waals surface area contributed by atoms with Crippen molar-refractivity contribution in [3.05, 3.63) is 58.6 Å². The molecule has 0 unspecified atom stereocenters. The number of nitrogens with zero attached hydrogens (tertiary/aromatic N) is 2. The molecule has 0 saturated carbocycles. The molecule has 180 valence electrons. The summed E-state index contributed by atoms with van der Waals surface area (Å²) in [5.74, 6) is 0.360. The lowest BCUT2D eigenvalue weighted by molar-refractivity contribution is -0.121. The fourth-order valence-corrected chi connectivity index (χ4v) is 5.22. The van der Waals surface area contributed by atoms with Crippen molar-refractivity contribution in [1.82, 2.24) is 10.2 Å². The maximum Gasteiger partial charge on any atom is 0.232 e. The van der Waals surface area contributed by atoms with Gasteiger partial charge in [0.1, 0.15) is 5.75 Å². The summed E-state index contributed by atoms with van der Waals surface area (Å²) < 4.78 is 31.0. The molecule has 1 saturated heterocycles. The van der Waals surface area contributed by atoms with Crippen LogP contribution in [0.15, 0.2) is 42.5 Å². The molecule has 1 aliphatic heterocycles. The number of ether oxygens (including phenoxy) is 1. The van der Waals surface area contributed by atoms with Gasteiger partial charge in [0.25, 0.3) is 0 Å². The Kier molecular flexibility index (Phi) is 9.00. The summed E-state index contributed by atoms with van der Waals surface area (Å²) >= 11 is 6.15. The third-order valence-electron chi connectivity index (χ3n) is 5.67. The van der Waals surface area contributed by atoms with Crippen LogP contribution in [0.1, 0.15) is 36.8 Å². The lowest BCUT2D eigenvalue weighted by Gasteiger charge is -2.23. The van der Waals surface area contributed by atoms with E-state index in [-0.39, 0.29) is 18.9 Å². The van der Waals surface area contributed by atoms with Crippen molar-refractivity contribution in [2.45, 2.75) is 38.8 Å². The van der Waals surface area contributed by atoms with Crippen molar-refractivity contribution in [1.29, 1.82) is 0 Å². The number of nitrogens with one attached hydrogen (secondary N) is 1. The van der Waals surface area contributed by atoms with Crippen LogP contribution in [0.3, 0.4) is 0 Å². The van der Waals surface area contributed by atoms with Gasteiger partial charge in [-0.2, -0.15) is 0 Å². The molecule has 9 heteroatoms. The number of methoxy groups -OCH3 is 1. The van der Waals surface area contributed by atoms with Crippen LogP contribution in [-0.2, 0) is 27.9 Å². The second-order valence-corrected chi connectivity index (χ2v) is 10.7. The normalized spacial score (nSPS) is 14.3. The standard InChI is InChI=1S/C24H32ClN3O4S/c1-32-23-11-10-21(16-22(23)25)28(33(2,30)31)14-6-9-24(29)26-17-19-7-5-8-20(15-19)18-27-12-3-4-13-27/h5,7-8,10-11,15-16H,3-4,6,9,12-14,17-18H2,1-2H3,(H,26,29). The molecule has 0 radical (unpaired) electrons. The third kappa shape index (κ3) is 7.62. The van der Waals surface area contributed by atoms with E-state index in [4.69, 9.17) is 16.3 Å². The molecule has 33 heavy (non-hydrogen) atoms. The summed E-state index contributed by atoms with van der Waals surface area (Å²) in [5, 5.41) is 3.27. The zero-order valence-electron chi connectivity index (χ0n) is 19.2. The molecule has 2 aromatic rings. The van der Waals surface area contributed by atoms with Crippen LogP contribution in [0, 0.1) is 0 Å². The zero-order valence-corrected chi connectivity index (χ0v) is 20.8. The van der Waals surface area contributed by atoms with Gasteiger partial charge in [0.2, 0.25) is 15.9 Å². The Labute approximate surface area is 201 Å². The highest BCUT2D eigenvalue weighted by Gasteiger charge is 2.19. The molecule has 0 atom stereocenters. The average molecular weight is 494 g/mol. The highest BCUT2D eigenvalue weighted by molar-refractivity contribution is 7.92. The fourth-order valence-electron chi connectivity index (χ4n) is 4.01. The monoisotopic (exact) mass is 493 g/mol. The molecular weight excluding hydrogens is 462 g/mol. The van der Waals surface area contributed by atoms with E-state index in [2.05, 4.69) is 22.3 Å². The van der Waals surface area contributed by atoms with E-state index in [0.29, 0.717) is 29.4 Å². The van der Waals surface area contributed by atoms with Gasteiger partial charge in [-0.15, -0.1) is 0 Å². The zero-order chi connectivity index (χ0) is 23.8. The number of likely N-dealkylation sites (tertiary alicyclic amines) is 1. The van der Waals surface area contributed by atoms with Crippen LogP contribution in [-0.4, -0.2) is 52.2 Å². The van der Waals surface area contributed by atoms with Crippen molar-refractivity contribution in [2.75, 3.05) is 37.3 Å². The second kappa shape index (κ2) is 11.7. The van der Waals surface area contributed by atoms with Crippen LogP contribution in [0.4, 0.5) is 5.69 Å². The van der Waals surface area contributed by atoms with E-state index in [1.165, 1.54) is 29.8 Å². The molecule has 1 N–H and O–H groups in total. The van der Waals surface area contributed by atoms with Crippen LogP contribution in [0.5, 0.6) is 5.75 Å². The summed E-state index contributed by atoms with van der Waals surface area (Å²) in [6.07, 6.45) is 4.28. The fraction of sp³-hybridized carbons (Fsp3) is 0.458. The van der Waals surface area contributed by atoms with Crippen molar-refractivity contribution in [3.63, 3.8) is 0 Å². The van der Waals surface area contributed by atoms with Crippen LogP contribution in [0.25, 0.3) is 0 Å². The molecule has 1 amide bonds. The van der Waals surface area contributed by atoms with Gasteiger partial charge >= 0.3 is 0 Å². The molecule has 1 fully saturated rings. The Morgan fingerprint density at radius 3 is 2.55 bits per heavy atom. The van der Waals surface area contributed by atoms with Gasteiger partial charge in [-0.05, 0) is 61.7 Å². The van der Waals surface area contributed by atoms with Gasteiger partial charge in [0.05, 0.1) is 24.1 Å². The minimum Gasteiger partial charge on any atom is -0.495 e. The molecule has 1 aliphatic rings. The topological polar surface area (TPSA) is 79.0 Å². The lowest BCUT2D eigenvalue weighted by atomic mass is 10.1. The van der Waals surface area contributed by atoms with Gasteiger partial charge in [0, 0.05) is 26.1 Å². The Morgan fingerprint density at radius 2 is 1.88 bits per heavy atom. The average Bonchev–Trinajstić information content (AvgIpc) is 3.27. The molecule has 1 heterocycles. The minimum absolute atomic E-state index is 0.110. The quantitative estimate of drug-likeness (QED) is 0.515. The van der Waals surface area contributed by atoms with E-state index in [1.54, 1.807) is 18.2 Å². The molecule has 3 rings (SSSR count). The maximum atomic E-state index is 12.4. The number of hydrogen-bond donors (Lipinski definition) is 1. The van der Waals surface area contributed by atoms with Crippen LogP contribution in [0.2, 0.25) is 5.02 Å². The number of carbonyl (C=O) groups excluding carboxylic acids is 1. The molecule has 7 nitrogen and oxygen atoms in total. The number of sulfonamides is 1. The Bertz CT molecular complexity index is 1060. The van der Waals surface area contributed by atoms with Crippen molar-refractivity contribution >= 4 is 33.2 Å². The Hall–Kier alpha value is -2.29. The molecule has 0 aliphatic carbocycles. The lowest BCUT2D eigenvalue weighted by Crippen LogP contribution is -2.32. The van der Waals surface area contributed by atoms with Crippen molar-refractivity contribution < 1.29 is 17.9 Å². The summed E-state index contributed by atoms with van der Waals surface area (Å²) in [5.41, 5.74) is 2.76. The highest BCUT2D eigenvalue weighted by atomic mass is 35.5. The smallest absolute Gasteiger partial charge is 0.232 e. The first-order chi connectivity index (χ1) is 15.8. The van der Waals surface area contributed by atoms with Crippen LogP contribution < -0.4 is 14.4 Å². The van der Waals surface area contributed by atoms with E-state index in [1.807, 2.05) is 12.1 Å². The number of amides is 1. The van der Waals surface area contributed by atoms with E-state index < -0.39 is 10.0 Å². The number of rotatable bonds is 11. The van der Waals surface area contributed by atoms with Gasteiger partial charge in [-0.1, -0.05) is 35.9 Å². The Morgan fingerprint density at radius 1 is 1.15 bits per heavy atom. The number of hydrogen-bond acceptors (Lipinski definition) is 5. The van der Waals surface area contributed by atoms with Crippen LogP contribution >= 0.6 is 11.6 Å². The van der Waals surface area contributed by atoms with Gasteiger partial charge in [-0.3, -0.25) is 14.0 Å². The summed E-state index contributed by atoms with van der Waals surface area (Å²) in [6.45, 7) is 3.87. The summed E-state index contributed by atoms with van der Waals surface area (Å²) in [4.78, 5) is 14.8. The van der Waals surface area contributed by atoms with Crippen molar-refractivity contribution in [3.8, 4) is 5.75 Å². The number of carbonyl (C=O) groups is 1. The third-order valence-corrected chi connectivity index (χ3v) is 7.16. The molecule has 2 aromatic carbocycles. The second-order valence-electron chi connectivity index (χ2n) is 8.34. The maximum absolute atomic E-state index is 12.4. The van der Waals surface area contributed by atoms with E-state index in [9.17, 15) is 13.2 Å². The van der Waals surface area contributed by atoms with Gasteiger partial charge in [-0.25, -0.2) is 8.42 Å². The van der Waals surface area contributed by atoms with E-state index >= 15 is 0 Å². The highest BCUT2D eigenvalue weighted by Crippen LogP contribution is 2.30. The predicted molar refractivity (Wildman–Crippen MR) is 132 cm³/mol. The summed E-state index contributed by atoms with van der Waals surface area (Å²) in [7, 11) is -2.03. The first-order valence-corrected chi connectivity index (χ1v) is 13.4. The summed E-state index contributed by atoms with van der Waals surface area (Å²) in [6, 6.07) is 13.1. The number of benzene rings is 2. The molecule has 0 aromatic heterocycles. The SMILES string of the molecule is COc1ccc(N(CCCC(=O)NCc2cccc(CN3CCCC3)c2)S(C)(=O)=O)cc1Cl. The number of halogens is 1. The van der Waals surface area contributed by atoms with E-state index in [0.717, 1.165) is 31.5 Å². The molecule has 0 bridgehead atoms. The first-order valence-electron chi connectivity index (χ1n) is 11.1. The first kappa shape index (κ1) is 25.3. The molecular formula is C24H32ClN3O4S. The minimum atomic E-state index is -3.52. The van der Waals surface area contributed by atoms with Gasteiger partial charge < -0.3 is 10.1 Å². The Balaban J connectivity index is 1.50. The largest absolute Gasteiger partial charge is 0.495 e.